The second-order valence-corrected chi connectivity index (χ2v) is 5.37. The van der Waals surface area contributed by atoms with Crippen LogP contribution < -0.4 is 11.2 Å². The molecule has 0 saturated heterocycles. The van der Waals surface area contributed by atoms with Crippen molar-refractivity contribution in [3.63, 3.8) is 0 Å². The van der Waals surface area contributed by atoms with Gasteiger partial charge in [-0.05, 0) is 37.9 Å². The van der Waals surface area contributed by atoms with Crippen molar-refractivity contribution in [3.05, 3.63) is 39.8 Å². The molecule has 2 rings (SSSR count). The molecule has 0 amide bonds. The summed E-state index contributed by atoms with van der Waals surface area (Å²) in [6.07, 6.45) is -0.500. The Balaban J connectivity index is 0.000000445. The van der Waals surface area contributed by atoms with E-state index in [9.17, 15) is 22.8 Å². The molecule has 0 spiro atoms. The van der Waals surface area contributed by atoms with Crippen molar-refractivity contribution in [2.24, 2.45) is 5.73 Å². The molecule has 148 valence electrons. The second-order valence-electron chi connectivity index (χ2n) is 5.37. The highest BCUT2D eigenvalue weighted by molar-refractivity contribution is 5.91. The molecule has 2 aromatic heterocycles. The van der Waals surface area contributed by atoms with Crippen molar-refractivity contribution in [2.45, 2.75) is 32.5 Å². The molecule has 2 aromatic rings. The molecule has 27 heavy (non-hydrogen) atoms. The van der Waals surface area contributed by atoms with Gasteiger partial charge in [-0.3, -0.25) is 4.79 Å². The molecular formula is C16H18F3N3O5. The Morgan fingerprint density at radius 3 is 2.33 bits per heavy atom. The van der Waals surface area contributed by atoms with E-state index in [0.717, 1.165) is 18.4 Å². The summed E-state index contributed by atoms with van der Waals surface area (Å²) in [5, 5.41) is 16.6. The highest BCUT2D eigenvalue weighted by Gasteiger charge is 2.38. The maximum atomic E-state index is 12.2. The smallest absolute Gasteiger partial charge is 0.477 e. The van der Waals surface area contributed by atoms with E-state index in [-0.39, 0.29) is 5.56 Å². The van der Waals surface area contributed by atoms with Crippen molar-refractivity contribution >= 4 is 23.0 Å². The van der Waals surface area contributed by atoms with E-state index >= 15 is 0 Å². The van der Waals surface area contributed by atoms with Gasteiger partial charge in [-0.2, -0.15) is 13.2 Å². The number of carboxylic acids is 2. The van der Waals surface area contributed by atoms with Crippen LogP contribution in [0, 0.1) is 0 Å². The number of aryl methyl sites for hydroxylation is 2. The number of carbonyl (C=O) groups is 2. The molecule has 2 heterocycles. The van der Waals surface area contributed by atoms with Gasteiger partial charge in [0.15, 0.2) is 0 Å². The fourth-order valence-electron chi connectivity index (χ4n) is 2.15. The van der Waals surface area contributed by atoms with Crippen LogP contribution in [0.2, 0.25) is 0 Å². The fourth-order valence-corrected chi connectivity index (χ4v) is 2.15. The zero-order chi connectivity index (χ0) is 20.8. The molecule has 0 saturated carbocycles. The molecule has 0 aromatic carbocycles. The molecule has 0 atom stereocenters. The second kappa shape index (κ2) is 9.12. The Hall–Kier alpha value is -2.95. The number of fused-ring (bicyclic) bond motifs is 1. The number of pyridine rings is 2. The lowest BCUT2D eigenvalue weighted by atomic mass is 10.1. The Labute approximate surface area is 151 Å². The summed E-state index contributed by atoms with van der Waals surface area (Å²) in [5.74, 6) is -3.97. The monoisotopic (exact) mass is 389 g/mol. The third-order valence-corrected chi connectivity index (χ3v) is 3.45. The molecule has 0 aliphatic rings. The number of carboxylic acid groups (broad SMARTS) is 2. The zero-order valence-corrected chi connectivity index (χ0v) is 14.3. The lowest BCUT2D eigenvalue weighted by Crippen LogP contribution is -2.21. The van der Waals surface area contributed by atoms with Crippen LogP contribution in [0.1, 0.15) is 29.3 Å². The average molecular weight is 389 g/mol. The van der Waals surface area contributed by atoms with Crippen molar-refractivity contribution in [1.29, 1.82) is 0 Å². The largest absolute Gasteiger partial charge is 0.490 e. The molecule has 0 aliphatic heterocycles. The van der Waals surface area contributed by atoms with Gasteiger partial charge in [0, 0.05) is 18.9 Å². The summed E-state index contributed by atoms with van der Waals surface area (Å²) in [4.78, 5) is 36.5. The van der Waals surface area contributed by atoms with Gasteiger partial charge in [-0.15, -0.1) is 0 Å². The highest BCUT2D eigenvalue weighted by atomic mass is 19.4. The van der Waals surface area contributed by atoms with Crippen LogP contribution in [-0.4, -0.2) is 44.4 Å². The summed E-state index contributed by atoms with van der Waals surface area (Å²) in [7, 11) is 0. The Morgan fingerprint density at radius 2 is 1.89 bits per heavy atom. The van der Waals surface area contributed by atoms with Crippen LogP contribution in [0.3, 0.4) is 0 Å². The molecule has 0 fully saturated rings. The van der Waals surface area contributed by atoms with Gasteiger partial charge in [0.2, 0.25) is 5.43 Å². The van der Waals surface area contributed by atoms with E-state index in [1.807, 2.05) is 6.92 Å². The van der Waals surface area contributed by atoms with E-state index in [1.165, 1.54) is 6.20 Å². The summed E-state index contributed by atoms with van der Waals surface area (Å²) < 4.78 is 33.4. The molecule has 8 nitrogen and oxygen atoms in total. The first kappa shape index (κ1) is 22.1. The van der Waals surface area contributed by atoms with Gasteiger partial charge in [-0.25, -0.2) is 14.6 Å². The van der Waals surface area contributed by atoms with E-state index in [0.29, 0.717) is 24.1 Å². The Morgan fingerprint density at radius 1 is 1.30 bits per heavy atom. The van der Waals surface area contributed by atoms with Gasteiger partial charge in [0.05, 0.1) is 5.39 Å². The van der Waals surface area contributed by atoms with Gasteiger partial charge < -0.3 is 20.5 Å². The minimum Gasteiger partial charge on any atom is -0.477 e. The van der Waals surface area contributed by atoms with Crippen LogP contribution in [0.15, 0.2) is 23.3 Å². The van der Waals surface area contributed by atoms with Crippen LogP contribution in [-0.2, 0) is 17.8 Å². The lowest BCUT2D eigenvalue weighted by molar-refractivity contribution is -0.192. The van der Waals surface area contributed by atoms with Crippen molar-refractivity contribution in [1.82, 2.24) is 9.55 Å². The minimum absolute atomic E-state index is 0.225. The zero-order valence-electron chi connectivity index (χ0n) is 14.3. The Kier molecular flexibility index (Phi) is 7.46. The van der Waals surface area contributed by atoms with E-state index in [1.54, 1.807) is 16.8 Å². The topological polar surface area (TPSA) is 136 Å². The highest BCUT2D eigenvalue weighted by Crippen LogP contribution is 2.14. The quantitative estimate of drug-likeness (QED) is 0.707. The number of aromatic nitrogens is 2. The summed E-state index contributed by atoms with van der Waals surface area (Å²) >= 11 is 0. The maximum absolute atomic E-state index is 12.2. The average Bonchev–Trinajstić information content (AvgIpc) is 2.60. The first-order valence-electron chi connectivity index (χ1n) is 7.78. The number of rotatable bonds is 5. The predicted molar refractivity (Wildman–Crippen MR) is 89.7 cm³/mol. The van der Waals surface area contributed by atoms with Gasteiger partial charge in [0.25, 0.3) is 0 Å². The molecule has 0 radical (unpaired) electrons. The third-order valence-electron chi connectivity index (χ3n) is 3.45. The van der Waals surface area contributed by atoms with E-state index in [4.69, 9.17) is 20.7 Å². The molecule has 0 bridgehead atoms. The molecule has 0 unspecified atom stereocenters. The number of nitrogens with zero attached hydrogens (tertiary/aromatic N) is 2. The molecular weight excluding hydrogens is 371 g/mol. The summed E-state index contributed by atoms with van der Waals surface area (Å²) in [6, 6.07) is 1.72. The SMILES string of the molecule is CCn1cc(C(=O)O)c(=O)c2cc(CCCN)cnc21.O=C(O)C(F)(F)F. The van der Waals surface area contributed by atoms with Crippen molar-refractivity contribution in [2.75, 3.05) is 6.54 Å². The van der Waals surface area contributed by atoms with E-state index < -0.39 is 23.5 Å². The molecule has 0 aliphatic carbocycles. The normalized spacial score (nSPS) is 11.0. The van der Waals surface area contributed by atoms with Gasteiger partial charge >= 0.3 is 18.1 Å². The molecule has 11 heteroatoms. The summed E-state index contributed by atoms with van der Waals surface area (Å²) in [6.45, 7) is 2.98. The number of nitrogens with two attached hydrogens (primary N) is 1. The Bertz CT molecular complexity index is 893. The number of hydrogen-bond donors (Lipinski definition) is 3. The first-order chi connectivity index (χ1) is 12.5. The number of halogens is 3. The van der Waals surface area contributed by atoms with Crippen molar-refractivity contribution < 1.29 is 33.0 Å². The minimum atomic E-state index is -5.08. The third kappa shape index (κ3) is 5.78. The van der Waals surface area contributed by atoms with Crippen LogP contribution in [0.25, 0.3) is 11.0 Å². The van der Waals surface area contributed by atoms with Gasteiger partial charge in [0.1, 0.15) is 11.2 Å². The first-order valence-corrected chi connectivity index (χ1v) is 7.78. The van der Waals surface area contributed by atoms with Gasteiger partial charge in [-0.1, -0.05) is 0 Å². The lowest BCUT2D eigenvalue weighted by Gasteiger charge is -2.10. The number of alkyl halides is 3. The summed E-state index contributed by atoms with van der Waals surface area (Å²) in [5.41, 5.74) is 6.16. The molecule has 4 N–H and O–H groups in total. The number of hydrogen-bond acceptors (Lipinski definition) is 5. The van der Waals surface area contributed by atoms with Crippen molar-refractivity contribution in [3.8, 4) is 0 Å². The standard InChI is InChI=1S/C14H17N3O3.C2HF3O2/c1-2-17-8-11(14(19)20)12(18)10-6-9(4-3-5-15)7-16-13(10)17;3-2(4,5)1(6)7/h6-8H,2-5,15H2,1H3,(H,19,20);(H,6,7). The predicted octanol–water partition coefficient (Wildman–Crippen LogP) is 1.64. The van der Waals surface area contributed by atoms with E-state index in [2.05, 4.69) is 4.98 Å². The fraction of sp³-hybridized carbons (Fsp3) is 0.375. The van der Waals surface area contributed by atoms with Crippen LogP contribution in [0.4, 0.5) is 13.2 Å². The number of aromatic carboxylic acids is 1. The van der Waals surface area contributed by atoms with Crippen LogP contribution in [0.5, 0.6) is 0 Å². The van der Waals surface area contributed by atoms with Crippen LogP contribution >= 0.6 is 0 Å². The maximum Gasteiger partial charge on any atom is 0.490 e. The number of aliphatic carboxylic acids is 1.